The molecular formula is C115H75N9. The minimum Gasteiger partial charge on any atom is -0.309 e. The molecule has 0 aliphatic carbocycles. The second kappa shape index (κ2) is 29.6. The summed E-state index contributed by atoms with van der Waals surface area (Å²) in [5, 5.41) is 17.2. The quantitative estimate of drug-likeness (QED) is 0.137. The summed E-state index contributed by atoms with van der Waals surface area (Å²) in [6.45, 7) is 0. The fourth-order valence-electron chi connectivity index (χ4n) is 19.2. The average Bonchev–Trinajstić information content (AvgIpc) is 1.59. The zero-order valence-corrected chi connectivity index (χ0v) is 67.3. The Morgan fingerprint density at radius 3 is 0.702 bits per heavy atom. The molecule has 0 bridgehead atoms. The number of nitrogens with zero attached hydrogens (tertiary/aromatic N) is 9. The first-order chi connectivity index (χ1) is 61.5. The molecule has 580 valence electrons. The molecule has 0 N–H and O–H groups in total. The van der Waals surface area contributed by atoms with Gasteiger partial charge in [0.25, 0.3) is 0 Å². The zero-order chi connectivity index (χ0) is 81.7. The van der Waals surface area contributed by atoms with Crippen molar-refractivity contribution in [2.45, 2.75) is 0 Å². The van der Waals surface area contributed by atoms with E-state index < -0.39 is 0 Å². The Hall–Kier alpha value is -16.8. The minimum absolute atomic E-state index is 0.964. The molecule has 0 unspecified atom stereocenters. The summed E-state index contributed by atoms with van der Waals surface area (Å²) in [5.74, 6) is 0. The van der Waals surface area contributed by atoms with E-state index in [1.807, 2.05) is 18.6 Å². The van der Waals surface area contributed by atoms with Crippen LogP contribution in [0.25, 0.3) is 221 Å². The molecule has 9 heterocycles. The van der Waals surface area contributed by atoms with Crippen molar-refractivity contribution in [2.75, 3.05) is 0 Å². The topological polar surface area (TPSA) is 68.2 Å². The highest BCUT2D eigenvalue weighted by Gasteiger charge is 2.23. The van der Waals surface area contributed by atoms with Crippen LogP contribution in [0.5, 0.6) is 0 Å². The SMILES string of the molecule is c1ccc(-c2ccc(-n3c4ccccc4c4ccc(-c5cc6c7ccccc7n(-c7ccccc7)c6cn5)cc43)cc2)cc1.c1ccc(-n2c3ccccc3c3cc(-c4ccc5c6ccccc6n(-c6ccc7ccccc7c6)c5c4)ncc32)cc1.c1ccc(-n2c3ccccc3c3cc(-c4ccc5c6ccccc6n(-c6ccccc6)c5c4)ncc32)cc1. The molecule has 0 spiro atoms. The summed E-state index contributed by atoms with van der Waals surface area (Å²) in [5.41, 5.74) is 29.5. The van der Waals surface area contributed by atoms with E-state index in [0.717, 1.165) is 84.4 Å². The molecule has 9 aromatic heterocycles. The van der Waals surface area contributed by atoms with Crippen LogP contribution in [0.1, 0.15) is 0 Å². The maximum absolute atomic E-state index is 5.04. The Kier molecular flexibility index (Phi) is 17.1. The highest BCUT2D eigenvalue weighted by atomic mass is 15.0. The van der Waals surface area contributed by atoms with Crippen molar-refractivity contribution >= 4 is 142 Å². The first-order valence-corrected chi connectivity index (χ1v) is 42.2. The van der Waals surface area contributed by atoms with Crippen molar-refractivity contribution in [1.29, 1.82) is 0 Å². The molecule has 9 heteroatoms. The van der Waals surface area contributed by atoms with Crippen molar-refractivity contribution in [2.24, 2.45) is 0 Å². The van der Waals surface area contributed by atoms with Gasteiger partial charge in [0, 0.05) is 115 Å². The van der Waals surface area contributed by atoms with Crippen molar-refractivity contribution in [3.05, 3.63) is 455 Å². The van der Waals surface area contributed by atoms with Gasteiger partial charge in [0.05, 0.1) is 102 Å². The lowest BCUT2D eigenvalue weighted by atomic mass is 10.1. The van der Waals surface area contributed by atoms with Gasteiger partial charge < -0.3 is 27.4 Å². The zero-order valence-electron chi connectivity index (χ0n) is 67.3. The smallest absolute Gasteiger partial charge is 0.0724 e. The summed E-state index contributed by atoms with van der Waals surface area (Å²) in [6.07, 6.45) is 6.08. The van der Waals surface area contributed by atoms with Crippen LogP contribution in [0, 0.1) is 0 Å². The van der Waals surface area contributed by atoms with E-state index in [4.69, 9.17) is 15.0 Å². The van der Waals surface area contributed by atoms with Gasteiger partial charge in [0.15, 0.2) is 0 Å². The van der Waals surface area contributed by atoms with Gasteiger partial charge in [-0.05, 0) is 167 Å². The van der Waals surface area contributed by atoms with Crippen LogP contribution in [0.3, 0.4) is 0 Å². The summed E-state index contributed by atoms with van der Waals surface area (Å²) in [4.78, 5) is 15.1. The van der Waals surface area contributed by atoms with Gasteiger partial charge in [0.1, 0.15) is 0 Å². The van der Waals surface area contributed by atoms with Crippen LogP contribution < -0.4 is 0 Å². The predicted octanol–water partition coefficient (Wildman–Crippen LogP) is 29.6. The number of benzene rings is 17. The molecule has 0 aliphatic heterocycles. The minimum atomic E-state index is 0.964. The van der Waals surface area contributed by atoms with E-state index in [1.54, 1.807) is 0 Å². The summed E-state index contributed by atoms with van der Waals surface area (Å²) >= 11 is 0. The third-order valence-electron chi connectivity index (χ3n) is 24.9. The van der Waals surface area contributed by atoms with Crippen LogP contribution in [0.15, 0.2) is 455 Å². The van der Waals surface area contributed by atoms with Crippen molar-refractivity contribution in [3.63, 3.8) is 0 Å². The standard InChI is InChI=1S/C41H27N3.C39H25N3.C35H23N3/c1-3-11-28(12-4-1)29-19-22-32(23-20-29)43-38-17-9-7-15-33(38)35-24-21-30(25-40(35)43)37-26-36-34-16-8-10-18-39(34)44(41(36)27-42-37)31-13-5-2-6-14-31;1-2-12-29(13-3-1)41-37-17-9-7-15-32(37)34-24-35(40-25-39(34)41)28-19-21-33-31-14-6-8-16-36(31)42(38(33)23-28)30-20-18-26-10-4-5-11-27(26)22-30;1-3-11-25(12-4-1)37-32-17-9-7-15-27(32)29-20-19-24(21-34(29)37)31-22-30-28-16-8-10-18-33(28)38(35(30)23-36-31)26-13-5-2-6-14-26/h1-27H;1-25H;1-23H. The van der Waals surface area contributed by atoms with Crippen LogP contribution in [-0.4, -0.2) is 42.4 Å². The maximum atomic E-state index is 5.04. The Balaban J connectivity index is 0.000000105. The molecule has 0 saturated carbocycles. The van der Waals surface area contributed by atoms with Gasteiger partial charge in [-0.2, -0.15) is 0 Å². The van der Waals surface area contributed by atoms with Crippen LogP contribution in [-0.2, 0) is 0 Å². The van der Waals surface area contributed by atoms with E-state index in [0.29, 0.717) is 0 Å². The van der Waals surface area contributed by atoms with Gasteiger partial charge in [-0.15, -0.1) is 0 Å². The predicted molar refractivity (Wildman–Crippen MR) is 518 cm³/mol. The molecule has 0 fully saturated rings. The largest absolute Gasteiger partial charge is 0.309 e. The first kappa shape index (κ1) is 71.4. The van der Waals surface area contributed by atoms with E-state index in [9.17, 15) is 0 Å². The molecule has 0 aliphatic rings. The van der Waals surface area contributed by atoms with Crippen molar-refractivity contribution in [1.82, 2.24) is 42.4 Å². The Morgan fingerprint density at radius 1 is 0.129 bits per heavy atom. The summed E-state index contributed by atoms with van der Waals surface area (Å²) < 4.78 is 14.0. The molecule has 26 rings (SSSR count). The number of rotatable bonds is 10. The summed E-state index contributed by atoms with van der Waals surface area (Å²) in [7, 11) is 0. The Bertz CT molecular complexity index is 8650. The van der Waals surface area contributed by atoms with Crippen molar-refractivity contribution < 1.29 is 0 Å². The number of aromatic nitrogens is 9. The van der Waals surface area contributed by atoms with Crippen molar-refractivity contribution in [3.8, 4) is 79.0 Å². The molecule has 0 radical (unpaired) electrons. The molecule has 17 aromatic carbocycles. The van der Waals surface area contributed by atoms with E-state index >= 15 is 0 Å². The Labute approximate surface area is 713 Å². The second-order valence-corrected chi connectivity index (χ2v) is 31.9. The fraction of sp³-hybridized carbons (Fsp3) is 0. The van der Waals surface area contributed by atoms with Gasteiger partial charge in [0.2, 0.25) is 0 Å². The number of hydrogen-bond acceptors (Lipinski definition) is 3. The normalized spacial score (nSPS) is 11.7. The second-order valence-electron chi connectivity index (χ2n) is 31.9. The highest BCUT2D eigenvalue weighted by molar-refractivity contribution is 6.16. The molecule has 0 amide bonds. The van der Waals surface area contributed by atoms with Gasteiger partial charge in [-0.25, -0.2) is 0 Å². The number of pyridine rings is 3. The number of para-hydroxylation sites is 10. The van der Waals surface area contributed by atoms with Gasteiger partial charge in [-0.3, -0.25) is 15.0 Å². The third kappa shape index (κ3) is 12.0. The van der Waals surface area contributed by atoms with Gasteiger partial charge in [-0.1, -0.05) is 291 Å². The maximum Gasteiger partial charge on any atom is 0.0724 e. The van der Waals surface area contributed by atoms with Crippen LogP contribution >= 0.6 is 0 Å². The summed E-state index contributed by atoms with van der Waals surface area (Å²) in [6, 6.07) is 156. The molecular weight excluding hydrogens is 1510 g/mol. The number of hydrogen-bond donors (Lipinski definition) is 0. The average molecular weight is 1580 g/mol. The molecule has 124 heavy (non-hydrogen) atoms. The van der Waals surface area contributed by atoms with Crippen LogP contribution in [0.2, 0.25) is 0 Å². The van der Waals surface area contributed by atoms with Gasteiger partial charge >= 0.3 is 0 Å². The molecule has 0 atom stereocenters. The Morgan fingerprint density at radius 2 is 0.363 bits per heavy atom. The van der Waals surface area contributed by atoms with Crippen LogP contribution in [0.4, 0.5) is 0 Å². The van der Waals surface area contributed by atoms with E-state index in [1.165, 1.54) is 136 Å². The fourth-order valence-corrected chi connectivity index (χ4v) is 19.2. The molecule has 9 nitrogen and oxygen atoms in total. The molecule has 26 aromatic rings. The first-order valence-electron chi connectivity index (χ1n) is 42.2. The number of fused-ring (bicyclic) bond motifs is 19. The lowest BCUT2D eigenvalue weighted by molar-refractivity contribution is 1.16. The van der Waals surface area contributed by atoms with E-state index in [2.05, 4.69) is 464 Å². The van der Waals surface area contributed by atoms with E-state index in [-0.39, 0.29) is 0 Å². The lowest BCUT2D eigenvalue weighted by Crippen LogP contribution is -1.95. The monoisotopic (exact) mass is 1580 g/mol. The third-order valence-corrected chi connectivity index (χ3v) is 24.9. The highest BCUT2D eigenvalue weighted by Crippen LogP contribution is 2.43. The molecule has 0 saturated heterocycles. The lowest BCUT2D eigenvalue weighted by Gasteiger charge is -2.10.